The van der Waals surface area contributed by atoms with Crippen LogP contribution in [-0.4, -0.2) is 23.4 Å². The van der Waals surface area contributed by atoms with Gasteiger partial charge >= 0.3 is 0 Å². The minimum Gasteiger partial charge on any atom is -0.503 e. The van der Waals surface area contributed by atoms with Gasteiger partial charge < -0.3 is 15.5 Å². The van der Waals surface area contributed by atoms with Crippen LogP contribution < -0.4 is 5.32 Å². The number of unbranched alkanes of at least 4 members (excludes halogenated alkanes) is 2. The maximum absolute atomic E-state index is 13.0. The predicted molar refractivity (Wildman–Crippen MR) is 60.7 cm³/mol. The van der Waals surface area contributed by atoms with E-state index in [9.17, 15) is 8.78 Å². The van der Waals surface area contributed by atoms with Gasteiger partial charge in [-0.1, -0.05) is 0 Å². The molecular formula is C12H17F2NO2. The SMILES string of the molecule is OCCCCCNCc1cc(F)c(O)c(F)c1. The highest BCUT2D eigenvalue weighted by molar-refractivity contribution is 5.29. The van der Waals surface area contributed by atoms with Crippen LogP contribution in [0.5, 0.6) is 5.75 Å². The normalized spacial score (nSPS) is 10.8. The zero-order valence-corrected chi connectivity index (χ0v) is 9.55. The number of phenols is 1. The zero-order chi connectivity index (χ0) is 12.7. The first-order valence-corrected chi connectivity index (χ1v) is 5.63. The van der Waals surface area contributed by atoms with Crippen LogP contribution >= 0.6 is 0 Å². The van der Waals surface area contributed by atoms with Gasteiger partial charge in [-0.2, -0.15) is 0 Å². The van der Waals surface area contributed by atoms with Crippen molar-refractivity contribution in [2.45, 2.75) is 25.8 Å². The van der Waals surface area contributed by atoms with E-state index < -0.39 is 17.4 Å². The lowest BCUT2D eigenvalue weighted by molar-refractivity contribution is 0.283. The molecule has 5 heteroatoms. The molecule has 0 saturated carbocycles. The fourth-order valence-electron chi connectivity index (χ4n) is 1.49. The number of phenolic OH excluding ortho intramolecular Hbond substituents is 1. The third-order valence-corrected chi connectivity index (χ3v) is 2.42. The van der Waals surface area contributed by atoms with Gasteiger partial charge in [0.1, 0.15) is 0 Å². The molecule has 96 valence electrons. The highest BCUT2D eigenvalue weighted by atomic mass is 19.1. The maximum Gasteiger partial charge on any atom is 0.187 e. The molecule has 0 atom stereocenters. The molecule has 0 saturated heterocycles. The zero-order valence-electron chi connectivity index (χ0n) is 9.55. The third-order valence-electron chi connectivity index (χ3n) is 2.42. The molecule has 1 aromatic carbocycles. The topological polar surface area (TPSA) is 52.5 Å². The molecule has 0 heterocycles. The Morgan fingerprint density at radius 1 is 1.06 bits per heavy atom. The molecule has 3 N–H and O–H groups in total. The number of hydrogen-bond acceptors (Lipinski definition) is 3. The number of nitrogens with one attached hydrogen (secondary N) is 1. The van der Waals surface area contributed by atoms with Crippen molar-refractivity contribution < 1.29 is 19.0 Å². The van der Waals surface area contributed by atoms with Crippen LogP contribution in [0.4, 0.5) is 8.78 Å². The molecule has 0 bridgehead atoms. The van der Waals surface area contributed by atoms with Crippen molar-refractivity contribution in [2.75, 3.05) is 13.2 Å². The quantitative estimate of drug-likeness (QED) is 0.643. The molecular weight excluding hydrogens is 228 g/mol. The Balaban J connectivity index is 2.32. The van der Waals surface area contributed by atoms with Gasteiger partial charge in [-0.05, 0) is 43.5 Å². The first-order chi connectivity index (χ1) is 8.15. The van der Waals surface area contributed by atoms with Gasteiger partial charge in [-0.15, -0.1) is 0 Å². The Kier molecular flexibility index (Phi) is 5.86. The summed E-state index contributed by atoms with van der Waals surface area (Å²) >= 11 is 0. The largest absolute Gasteiger partial charge is 0.503 e. The predicted octanol–water partition coefficient (Wildman–Crippen LogP) is 1.92. The van der Waals surface area contributed by atoms with Crippen molar-refractivity contribution in [2.24, 2.45) is 0 Å². The highest BCUT2D eigenvalue weighted by Crippen LogP contribution is 2.21. The second-order valence-corrected chi connectivity index (χ2v) is 3.87. The summed E-state index contributed by atoms with van der Waals surface area (Å²) in [5.74, 6) is -2.82. The fraction of sp³-hybridized carbons (Fsp3) is 0.500. The van der Waals surface area contributed by atoms with Crippen LogP contribution in [-0.2, 0) is 6.54 Å². The summed E-state index contributed by atoms with van der Waals surface area (Å²) in [4.78, 5) is 0. The van der Waals surface area contributed by atoms with Crippen molar-refractivity contribution in [1.29, 1.82) is 0 Å². The van der Waals surface area contributed by atoms with E-state index in [-0.39, 0.29) is 6.61 Å². The molecule has 0 spiro atoms. The van der Waals surface area contributed by atoms with E-state index in [4.69, 9.17) is 10.2 Å². The fourth-order valence-corrected chi connectivity index (χ4v) is 1.49. The lowest BCUT2D eigenvalue weighted by atomic mass is 10.2. The molecule has 0 fully saturated rings. The number of hydrogen-bond donors (Lipinski definition) is 3. The molecule has 1 rings (SSSR count). The summed E-state index contributed by atoms with van der Waals surface area (Å²) in [6, 6.07) is 2.22. The first-order valence-electron chi connectivity index (χ1n) is 5.63. The molecule has 0 aromatic heterocycles. The molecule has 0 radical (unpaired) electrons. The molecule has 3 nitrogen and oxygen atoms in total. The molecule has 17 heavy (non-hydrogen) atoms. The monoisotopic (exact) mass is 245 g/mol. The summed E-state index contributed by atoms with van der Waals surface area (Å²) in [5, 5.41) is 20.5. The van der Waals surface area contributed by atoms with Crippen LogP contribution in [0.3, 0.4) is 0 Å². The summed E-state index contributed by atoms with van der Waals surface area (Å²) in [7, 11) is 0. The maximum atomic E-state index is 13.0. The molecule has 0 aliphatic carbocycles. The smallest absolute Gasteiger partial charge is 0.187 e. The van der Waals surface area contributed by atoms with Gasteiger partial charge in [0.05, 0.1) is 0 Å². The van der Waals surface area contributed by atoms with Crippen LogP contribution in [0, 0.1) is 11.6 Å². The minimum atomic E-state index is -0.943. The second kappa shape index (κ2) is 7.19. The molecule has 0 aliphatic heterocycles. The van der Waals surface area contributed by atoms with E-state index in [2.05, 4.69) is 5.32 Å². The molecule has 0 aliphatic rings. The van der Waals surface area contributed by atoms with Gasteiger partial charge in [0, 0.05) is 13.2 Å². The standard InChI is InChI=1S/C12H17F2NO2/c13-10-6-9(7-11(14)12(10)17)8-15-4-2-1-3-5-16/h6-7,15-17H,1-5,8H2. The van der Waals surface area contributed by atoms with E-state index in [0.717, 1.165) is 37.9 Å². The average molecular weight is 245 g/mol. The number of benzene rings is 1. The van der Waals surface area contributed by atoms with Crippen LogP contribution in [0.25, 0.3) is 0 Å². The Labute approximate surface area is 99.1 Å². The Hall–Kier alpha value is -1.20. The van der Waals surface area contributed by atoms with Crippen molar-refractivity contribution in [3.05, 3.63) is 29.3 Å². The Morgan fingerprint density at radius 2 is 1.71 bits per heavy atom. The third kappa shape index (κ3) is 4.66. The Morgan fingerprint density at radius 3 is 2.29 bits per heavy atom. The number of aromatic hydroxyl groups is 1. The Bertz CT molecular complexity index is 335. The lowest BCUT2D eigenvalue weighted by Gasteiger charge is -2.06. The lowest BCUT2D eigenvalue weighted by Crippen LogP contribution is -2.15. The molecule has 0 unspecified atom stereocenters. The van der Waals surface area contributed by atoms with E-state index in [1.807, 2.05) is 0 Å². The highest BCUT2D eigenvalue weighted by Gasteiger charge is 2.08. The van der Waals surface area contributed by atoms with Crippen molar-refractivity contribution >= 4 is 0 Å². The van der Waals surface area contributed by atoms with Crippen LogP contribution in [0.2, 0.25) is 0 Å². The minimum absolute atomic E-state index is 0.189. The van der Waals surface area contributed by atoms with E-state index >= 15 is 0 Å². The number of rotatable bonds is 7. The number of halogens is 2. The van der Waals surface area contributed by atoms with Gasteiger partial charge in [0.15, 0.2) is 17.4 Å². The second-order valence-electron chi connectivity index (χ2n) is 3.87. The van der Waals surface area contributed by atoms with Crippen molar-refractivity contribution in [3.8, 4) is 5.75 Å². The summed E-state index contributed by atoms with van der Waals surface area (Å²) in [6.07, 6.45) is 2.59. The molecule has 1 aromatic rings. The van der Waals surface area contributed by atoms with Crippen molar-refractivity contribution in [1.82, 2.24) is 5.32 Å². The van der Waals surface area contributed by atoms with E-state index in [1.165, 1.54) is 0 Å². The van der Waals surface area contributed by atoms with Gasteiger partial charge in [0.2, 0.25) is 0 Å². The molecule has 0 amide bonds. The summed E-state index contributed by atoms with van der Waals surface area (Å²) < 4.78 is 25.9. The summed E-state index contributed by atoms with van der Waals surface area (Å²) in [6.45, 7) is 1.27. The first kappa shape index (κ1) is 13.9. The number of aliphatic hydroxyl groups is 1. The van der Waals surface area contributed by atoms with Crippen LogP contribution in [0.1, 0.15) is 24.8 Å². The van der Waals surface area contributed by atoms with Gasteiger partial charge in [0.25, 0.3) is 0 Å². The van der Waals surface area contributed by atoms with Crippen molar-refractivity contribution in [3.63, 3.8) is 0 Å². The van der Waals surface area contributed by atoms with E-state index in [1.54, 1.807) is 0 Å². The van der Waals surface area contributed by atoms with Gasteiger partial charge in [-0.3, -0.25) is 0 Å². The van der Waals surface area contributed by atoms with Gasteiger partial charge in [-0.25, -0.2) is 8.78 Å². The average Bonchev–Trinajstić information content (AvgIpc) is 2.30. The summed E-state index contributed by atoms with van der Waals surface area (Å²) in [5.41, 5.74) is 0.458. The number of aliphatic hydroxyl groups excluding tert-OH is 1. The van der Waals surface area contributed by atoms with E-state index in [0.29, 0.717) is 12.1 Å². The van der Waals surface area contributed by atoms with Crippen LogP contribution in [0.15, 0.2) is 12.1 Å².